The molecule has 0 atom stereocenters. The zero-order chi connectivity index (χ0) is 13.0. The molecular formula is C14H18N2O2. The summed E-state index contributed by atoms with van der Waals surface area (Å²) in [5.41, 5.74) is 1.61. The molecule has 4 heteroatoms. The Hall–Kier alpha value is -1.97. The van der Waals surface area contributed by atoms with Crippen molar-refractivity contribution < 1.29 is 9.53 Å². The maximum atomic E-state index is 12.0. The average molecular weight is 246 g/mol. The number of carbonyl (C=O) groups excluding carboxylic acids is 1. The lowest BCUT2D eigenvalue weighted by Gasteiger charge is -2.04. The summed E-state index contributed by atoms with van der Waals surface area (Å²) in [5.74, 6) is 0.715. The molecule has 0 fully saturated rings. The molecule has 1 heterocycles. The van der Waals surface area contributed by atoms with E-state index in [-0.39, 0.29) is 5.91 Å². The van der Waals surface area contributed by atoms with Gasteiger partial charge < -0.3 is 15.0 Å². The van der Waals surface area contributed by atoms with Crippen LogP contribution in [0.3, 0.4) is 0 Å². The third-order valence-electron chi connectivity index (χ3n) is 2.95. The lowest BCUT2D eigenvalue weighted by molar-refractivity contribution is 0.0955. The van der Waals surface area contributed by atoms with Crippen LogP contribution in [0.15, 0.2) is 24.4 Å². The summed E-state index contributed by atoms with van der Waals surface area (Å²) in [6.45, 7) is 2.81. The smallest absolute Gasteiger partial charge is 0.253 e. The van der Waals surface area contributed by atoms with E-state index in [1.807, 2.05) is 18.2 Å². The van der Waals surface area contributed by atoms with Gasteiger partial charge in [0.2, 0.25) is 0 Å². The number of nitrogens with one attached hydrogen (secondary N) is 2. The van der Waals surface area contributed by atoms with Crippen molar-refractivity contribution in [3.8, 4) is 5.75 Å². The van der Waals surface area contributed by atoms with Gasteiger partial charge >= 0.3 is 0 Å². The lowest BCUT2D eigenvalue weighted by Crippen LogP contribution is -2.24. The van der Waals surface area contributed by atoms with E-state index in [4.69, 9.17) is 4.74 Å². The second-order valence-electron chi connectivity index (χ2n) is 4.22. The first-order chi connectivity index (χ1) is 8.76. The first-order valence-corrected chi connectivity index (χ1v) is 6.19. The van der Waals surface area contributed by atoms with Crippen LogP contribution in [0.4, 0.5) is 0 Å². The Kier molecular flexibility index (Phi) is 3.87. The quantitative estimate of drug-likeness (QED) is 0.797. The number of hydrogen-bond donors (Lipinski definition) is 2. The molecule has 1 aromatic carbocycles. The first-order valence-electron chi connectivity index (χ1n) is 6.19. The molecular weight excluding hydrogens is 228 g/mol. The van der Waals surface area contributed by atoms with E-state index >= 15 is 0 Å². The summed E-state index contributed by atoms with van der Waals surface area (Å²) in [7, 11) is 1.62. The van der Waals surface area contributed by atoms with Gasteiger partial charge in [0, 0.05) is 23.6 Å². The molecule has 0 aliphatic rings. The third-order valence-corrected chi connectivity index (χ3v) is 2.95. The summed E-state index contributed by atoms with van der Waals surface area (Å²) >= 11 is 0. The molecule has 2 rings (SSSR count). The number of fused-ring (bicyclic) bond motifs is 1. The van der Waals surface area contributed by atoms with Crippen LogP contribution in [-0.2, 0) is 0 Å². The highest BCUT2D eigenvalue weighted by atomic mass is 16.5. The SMILES string of the molecule is CCCCNC(=O)c1c[nH]c2ccc(OC)cc12. The molecule has 0 bridgehead atoms. The largest absolute Gasteiger partial charge is 0.497 e. The third kappa shape index (κ3) is 2.47. The van der Waals surface area contributed by atoms with Crippen LogP contribution in [0.1, 0.15) is 30.1 Å². The molecule has 0 unspecified atom stereocenters. The minimum atomic E-state index is -0.0389. The summed E-state index contributed by atoms with van der Waals surface area (Å²) in [5, 5.41) is 3.81. The molecule has 0 aliphatic carbocycles. The van der Waals surface area contributed by atoms with Crippen molar-refractivity contribution in [3.05, 3.63) is 30.0 Å². The van der Waals surface area contributed by atoms with Crippen LogP contribution in [-0.4, -0.2) is 24.5 Å². The number of carbonyl (C=O) groups is 1. The summed E-state index contributed by atoms with van der Waals surface area (Å²) < 4.78 is 5.18. The molecule has 0 saturated carbocycles. The van der Waals surface area contributed by atoms with Gasteiger partial charge in [-0.15, -0.1) is 0 Å². The summed E-state index contributed by atoms with van der Waals surface area (Å²) in [4.78, 5) is 15.1. The number of amides is 1. The van der Waals surface area contributed by atoms with Crippen LogP contribution < -0.4 is 10.1 Å². The van der Waals surface area contributed by atoms with Crippen molar-refractivity contribution >= 4 is 16.8 Å². The number of H-pyrrole nitrogens is 1. The normalized spacial score (nSPS) is 10.6. The lowest BCUT2D eigenvalue weighted by atomic mass is 10.1. The van der Waals surface area contributed by atoms with E-state index in [0.717, 1.165) is 29.5 Å². The zero-order valence-corrected chi connectivity index (χ0v) is 10.7. The van der Waals surface area contributed by atoms with Crippen LogP contribution in [0.2, 0.25) is 0 Å². The Bertz CT molecular complexity index is 546. The fourth-order valence-electron chi connectivity index (χ4n) is 1.89. The number of rotatable bonds is 5. The summed E-state index contributed by atoms with van der Waals surface area (Å²) in [6.07, 6.45) is 3.81. The van der Waals surface area contributed by atoms with E-state index in [1.54, 1.807) is 13.3 Å². The van der Waals surface area contributed by atoms with Gasteiger partial charge in [-0.3, -0.25) is 4.79 Å². The second kappa shape index (κ2) is 5.58. The number of aromatic amines is 1. The van der Waals surface area contributed by atoms with Gasteiger partial charge in [0.1, 0.15) is 5.75 Å². The van der Waals surface area contributed by atoms with Crippen LogP contribution in [0.5, 0.6) is 5.75 Å². The van der Waals surface area contributed by atoms with Gasteiger partial charge in [-0.05, 0) is 24.6 Å². The van der Waals surface area contributed by atoms with Crippen molar-refractivity contribution in [3.63, 3.8) is 0 Å². The molecule has 0 saturated heterocycles. The number of methoxy groups -OCH3 is 1. The minimum absolute atomic E-state index is 0.0389. The number of hydrogen-bond acceptors (Lipinski definition) is 2. The number of benzene rings is 1. The fourth-order valence-corrected chi connectivity index (χ4v) is 1.89. The highest BCUT2D eigenvalue weighted by Crippen LogP contribution is 2.23. The Balaban J connectivity index is 2.24. The predicted octanol–water partition coefficient (Wildman–Crippen LogP) is 2.71. The van der Waals surface area contributed by atoms with E-state index in [1.165, 1.54) is 0 Å². The van der Waals surface area contributed by atoms with E-state index in [0.29, 0.717) is 12.1 Å². The minimum Gasteiger partial charge on any atom is -0.497 e. The molecule has 2 N–H and O–H groups in total. The highest BCUT2D eigenvalue weighted by molar-refractivity contribution is 6.07. The van der Waals surface area contributed by atoms with Crippen molar-refractivity contribution in [2.45, 2.75) is 19.8 Å². The molecule has 96 valence electrons. The Labute approximate surface area is 106 Å². The van der Waals surface area contributed by atoms with Crippen molar-refractivity contribution in [1.82, 2.24) is 10.3 Å². The Morgan fingerprint density at radius 3 is 3.00 bits per heavy atom. The number of unbranched alkanes of at least 4 members (excludes halogenated alkanes) is 1. The van der Waals surface area contributed by atoms with Gasteiger partial charge in [-0.1, -0.05) is 13.3 Å². The van der Waals surface area contributed by atoms with Crippen LogP contribution in [0, 0.1) is 0 Å². The van der Waals surface area contributed by atoms with E-state index in [9.17, 15) is 4.79 Å². The molecule has 4 nitrogen and oxygen atoms in total. The standard InChI is InChI=1S/C14H18N2O2/c1-3-4-7-15-14(17)12-9-16-13-6-5-10(18-2)8-11(12)13/h5-6,8-9,16H,3-4,7H2,1-2H3,(H,15,17). The number of ether oxygens (including phenoxy) is 1. The zero-order valence-electron chi connectivity index (χ0n) is 10.7. The first kappa shape index (κ1) is 12.5. The molecule has 0 aliphatic heterocycles. The van der Waals surface area contributed by atoms with Crippen molar-refractivity contribution in [1.29, 1.82) is 0 Å². The second-order valence-corrected chi connectivity index (χ2v) is 4.22. The molecule has 0 radical (unpaired) electrons. The molecule has 0 spiro atoms. The molecule has 1 aromatic heterocycles. The van der Waals surface area contributed by atoms with Crippen LogP contribution in [0.25, 0.3) is 10.9 Å². The summed E-state index contributed by atoms with van der Waals surface area (Å²) in [6, 6.07) is 5.66. The molecule has 18 heavy (non-hydrogen) atoms. The Morgan fingerprint density at radius 1 is 1.44 bits per heavy atom. The van der Waals surface area contributed by atoms with Gasteiger partial charge in [-0.2, -0.15) is 0 Å². The fraction of sp³-hybridized carbons (Fsp3) is 0.357. The average Bonchev–Trinajstić information content (AvgIpc) is 2.81. The van der Waals surface area contributed by atoms with Gasteiger partial charge in [-0.25, -0.2) is 0 Å². The maximum absolute atomic E-state index is 12.0. The van der Waals surface area contributed by atoms with Gasteiger partial charge in [0.15, 0.2) is 0 Å². The van der Waals surface area contributed by atoms with Gasteiger partial charge in [0.25, 0.3) is 5.91 Å². The Morgan fingerprint density at radius 2 is 2.28 bits per heavy atom. The highest BCUT2D eigenvalue weighted by Gasteiger charge is 2.11. The maximum Gasteiger partial charge on any atom is 0.253 e. The monoisotopic (exact) mass is 246 g/mol. The number of aromatic nitrogens is 1. The van der Waals surface area contributed by atoms with E-state index in [2.05, 4.69) is 17.2 Å². The van der Waals surface area contributed by atoms with Crippen molar-refractivity contribution in [2.75, 3.05) is 13.7 Å². The molecule has 1 amide bonds. The van der Waals surface area contributed by atoms with E-state index < -0.39 is 0 Å². The topological polar surface area (TPSA) is 54.1 Å². The predicted molar refractivity (Wildman–Crippen MR) is 72.1 cm³/mol. The van der Waals surface area contributed by atoms with Crippen molar-refractivity contribution in [2.24, 2.45) is 0 Å². The van der Waals surface area contributed by atoms with Gasteiger partial charge in [0.05, 0.1) is 12.7 Å². The van der Waals surface area contributed by atoms with Crippen LogP contribution >= 0.6 is 0 Å². The molecule has 2 aromatic rings.